The molecule has 12 nitrogen and oxygen atoms in total. The van der Waals surface area contributed by atoms with Crippen molar-refractivity contribution in [1.29, 1.82) is 0 Å². The number of hydrogen-bond donors (Lipinski definition) is 4. The molecule has 1 fully saturated rings. The number of rotatable bonds is 4. The maximum atomic E-state index is 11.2. The van der Waals surface area contributed by atoms with Crippen molar-refractivity contribution in [3.8, 4) is 0 Å². The fraction of sp³-hybridized carbons (Fsp3) is 0.500. The molecule has 4 N–H and O–H groups in total. The van der Waals surface area contributed by atoms with E-state index >= 15 is 0 Å². The summed E-state index contributed by atoms with van der Waals surface area (Å²) in [7, 11) is -2.40. The average molecular weight is 330 g/mol. The van der Waals surface area contributed by atoms with Crippen molar-refractivity contribution in [2.45, 2.75) is 24.4 Å². The Morgan fingerprint density at radius 3 is 1.86 bits per heavy atom. The Hall–Kier alpha value is -1.22. The second-order valence-corrected chi connectivity index (χ2v) is 3.70. The second kappa shape index (κ2) is 8.43. The zero-order valence-electron chi connectivity index (χ0n) is 10.9. The molecule has 0 aromatic carbocycles. The van der Waals surface area contributed by atoms with Gasteiger partial charge in [-0.25, -0.2) is 0 Å². The van der Waals surface area contributed by atoms with Crippen molar-refractivity contribution in [1.82, 2.24) is 0 Å². The first-order valence-corrected chi connectivity index (χ1v) is 5.19. The van der Waals surface area contributed by atoms with Gasteiger partial charge in [0.2, 0.25) is 0 Å². The summed E-state index contributed by atoms with van der Waals surface area (Å²) >= 11 is 0. The summed E-state index contributed by atoms with van der Waals surface area (Å²) < 4.78 is 12.4. The van der Waals surface area contributed by atoms with Gasteiger partial charge in [0.1, 0.15) is 6.10 Å². The average Bonchev–Trinajstić information content (AvgIpc) is 2.50. The Balaban J connectivity index is 0.00000441. The van der Waals surface area contributed by atoms with E-state index in [0.717, 1.165) is 0 Å². The number of hydrogen-bond acceptors (Lipinski definition) is 12. The van der Waals surface area contributed by atoms with E-state index in [1.807, 2.05) is 0 Å². The van der Waals surface area contributed by atoms with E-state index in [1.165, 1.54) is 0 Å². The van der Waals surface area contributed by atoms with E-state index in [-0.39, 0.29) is 29.6 Å². The van der Waals surface area contributed by atoms with Crippen molar-refractivity contribution in [2.75, 3.05) is 0 Å². The molecule has 1 aliphatic rings. The summed E-state index contributed by atoms with van der Waals surface area (Å²) in [6.07, 6.45) is -9.85. The van der Waals surface area contributed by atoms with Crippen LogP contribution in [0.2, 0.25) is 0 Å². The van der Waals surface area contributed by atoms with E-state index in [2.05, 4.69) is 14.0 Å². The van der Waals surface area contributed by atoms with E-state index in [0.29, 0.717) is 0 Å². The zero-order chi connectivity index (χ0) is 16.3. The molecule has 0 radical (unpaired) electrons. The molecule has 14 heteroatoms. The van der Waals surface area contributed by atoms with Gasteiger partial charge in [0.25, 0.3) is 0 Å². The minimum atomic E-state index is -2.65. The molecule has 0 saturated carbocycles. The van der Waals surface area contributed by atoms with Gasteiger partial charge in [0.15, 0.2) is 18.3 Å². The van der Waals surface area contributed by atoms with Crippen LogP contribution in [0.5, 0.6) is 0 Å². The molecule has 1 aliphatic heterocycles. The van der Waals surface area contributed by atoms with Crippen LogP contribution in [0.15, 0.2) is 0 Å². The van der Waals surface area contributed by atoms with Crippen LogP contribution < -0.4 is 34.7 Å². The standard InChI is InChI=1S/C8H9BO12.Na/c10-1(5(14)15)2(11)6(16)19-9-20-7(17)3(12)4(13)8(18)21-9;/h1-4,10-13H,(H,14,15);/q;+1/p-1. The third kappa shape index (κ3) is 4.91. The van der Waals surface area contributed by atoms with Crippen molar-refractivity contribution >= 4 is 31.2 Å². The Morgan fingerprint density at radius 1 is 1.09 bits per heavy atom. The van der Waals surface area contributed by atoms with Gasteiger partial charge in [-0.05, 0) is 0 Å². The van der Waals surface area contributed by atoms with Crippen molar-refractivity contribution in [2.24, 2.45) is 0 Å². The predicted octanol–water partition coefficient (Wildman–Crippen LogP) is -9.19. The van der Waals surface area contributed by atoms with Crippen LogP contribution in [0.25, 0.3) is 0 Å². The topological polar surface area (TPSA) is 200 Å². The summed E-state index contributed by atoms with van der Waals surface area (Å²) in [5, 5.41) is 46.3. The minimum Gasteiger partial charge on any atom is -0.547 e. The van der Waals surface area contributed by atoms with Crippen LogP contribution in [0.4, 0.5) is 0 Å². The predicted molar refractivity (Wildman–Crippen MR) is 53.1 cm³/mol. The number of aliphatic carboxylic acids is 1. The van der Waals surface area contributed by atoms with Crippen LogP contribution in [-0.2, 0) is 33.1 Å². The first-order valence-electron chi connectivity index (χ1n) is 5.19. The molecule has 0 amide bonds. The van der Waals surface area contributed by atoms with Crippen molar-refractivity contribution in [3.05, 3.63) is 0 Å². The number of carboxylic acids is 1. The molecule has 0 aromatic heterocycles. The fourth-order valence-corrected chi connectivity index (χ4v) is 1.08. The van der Waals surface area contributed by atoms with E-state index in [4.69, 9.17) is 20.4 Å². The van der Waals surface area contributed by atoms with Crippen LogP contribution in [0, 0.1) is 0 Å². The molecule has 22 heavy (non-hydrogen) atoms. The maximum Gasteiger partial charge on any atom is 1.00 e. The van der Waals surface area contributed by atoms with Crippen molar-refractivity contribution < 1.29 is 88.2 Å². The van der Waals surface area contributed by atoms with Gasteiger partial charge >= 0.3 is 54.8 Å². The van der Waals surface area contributed by atoms with E-state index in [1.54, 1.807) is 0 Å². The molecular formula is C8H8BNaO12. The number of carboxylic acid groups (broad SMARTS) is 1. The Kier molecular flexibility index (Phi) is 7.96. The second-order valence-electron chi connectivity index (χ2n) is 3.70. The molecule has 1 saturated heterocycles. The Bertz CT molecular complexity index is 446. The first-order chi connectivity index (χ1) is 9.65. The number of aliphatic hydroxyl groups excluding tert-OH is 4. The minimum absolute atomic E-state index is 0. The molecule has 4 unspecified atom stereocenters. The van der Waals surface area contributed by atoms with E-state index in [9.17, 15) is 24.3 Å². The quantitative estimate of drug-likeness (QED) is 0.355. The first kappa shape index (κ1) is 20.8. The van der Waals surface area contributed by atoms with Crippen LogP contribution in [0.1, 0.15) is 0 Å². The number of carbonyl (C=O) groups is 4. The zero-order valence-corrected chi connectivity index (χ0v) is 12.9. The molecule has 4 atom stereocenters. The number of aliphatic hydroxyl groups is 4. The summed E-state index contributed by atoms with van der Waals surface area (Å²) in [5.74, 6) is -7.19. The molecular weight excluding hydrogens is 322 g/mol. The summed E-state index contributed by atoms with van der Waals surface area (Å²) in [6.45, 7) is 0. The third-order valence-electron chi connectivity index (χ3n) is 2.20. The van der Waals surface area contributed by atoms with Crippen LogP contribution >= 0.6 is 0 Å². The van der Waals surface area contributed by atoms with Crippen molar-refractivity contribution in [3.63, 3.8) is 0 Å². The maximum absolute atomic E-state index is 11.2. The van der Waals surface area contributed by atoms with Crippen LogP contribution in [-0.4, -0.2) is 76.0 Å². The molecule has 0 aromatic rings. The largest absolute Gasteiger partial charge is 1.00 e. The smallest absolute Gasteiger partial charge is 0.547 e. The summed E-state index contributed by atoms with van der Waals surface area (Å²) in [6, 6.07) is 0. The normalized spacial score (nSPS) is 24.1. The summed E-state index contributed by atoms with van der Waals surface area (Å²) in [4.78, 5) is 43.6. The van der Waals surface area contributed by atoms with Crippen LogP contribution in [0.3, 0.4) is 0 Å². The Morgan fingerprint density at radius 2 is 1.50 bits per heavy atom. The van der Waals surface area contributed by atoms with Gasteiger partial charge in [0.05, 0.1) is 5.97 Å². The molecule has 1 rings (SSSR count). The Labute approximate surface area is 144 Å². The van der Waals surface area contributed by atoms with Gasteiger partial charge in [-0.2, -0.15) is 0 Å². The van der Waals surface area contributed by atoms with Gasteiger partial charge < -0.3 is 44.3 Å². The number of carbonyl (C=O) groups excluding carboxylic acids is 4. The molecule has 1 heterocycles. The van der Waals surface area contributed by atoms with Gasteiger partial charge in [-0.1, -0.05) is 0 Å². The molecule has 0 aliphatic carbocycles. The van der Waals surface area contributed by atoms with Gasteiger partial charge in [-0.3, -0.25) is 14.4 Å². The SMILES string of the molecule is O=C([O-])C(O)C(O)C(=O)OB1OC(=O)C(O)C(O)C(=O)O1.[Na+]. The summed E-state index contributed by atoms with van der Waals surface area (Å²) in [5.41, 5.74) is 0. The molecule has 0 spiro atoms. The molecule has 116 valence electrons. The third-order valence-corrected chi connectivity index (χ3v) is 2.20. The monoisotopic (exact) mass is 330 g/mol. The van der Waals surface area contributed by atoms with Gasteiger partial charge in [0, 0.05) is 0 Å². The van der Waals surface area contributed by atoms with E-state index < -0.39 is 55.6 Å². The fourth-order valence-electron chi connectivity index (χ4n) is 1.08. The van der Waals surface area contributed by atoms with Gasteiger partial charge in [-0.15, -0.1) is 0 Å². The molecule has 0 bridgehead atoms.